The molecule has 1 aromatic carbocycles. The molecule has 0 aliphatic heterocycles. The molecule has 2 heteroatoms. The molecular weight excluding hydrogens is 234 g/mol. The van der Waals surface area contributed by atoms with Gasteiger partial charge in [-0.3, -0.25) is 0 Å². The zero-order valence-electron chi connectivity index (χ0n) is 12.4. The van der Waals surface area contributed by atoms with Crippen molar-refractivity contribution in [3.8, 4) is 0 Å². The summed E-state index contributed by atoms with van der Waals surface area (Å²) in [5.41, 5.74) is 3.19. The number of hydrogen-bond donors (Lipinski definition) is 1. The summed E-state index contributed by atoms with van der Waals surface area (Å²) < 4.78 is 5.13. The molecule has 0 atom stereocenters. The zero-order chi connectivity index (χ0) is 13.6. The minimum atomic E-state index is 0.579. The summed E-state index contributed by atoms with van der Waals surface area (Å²) in [7, 11) is 1.74. The third-order valence-electron chi connectivity index (χ3n) is 4.58. The van der Waals surface area contributed by atoms with Crippen LogP contribution < -0.4 is 5.32 Å². The molecule has 106 valence electrons. The van der Waals surface area contributed by atoms with Gasteiger partial charge in [-0.2, -0.15) is 0 Å². The van der Waals surface area contributed by atoms with Gasteiger partial charge in [0.25, 0.3) is 0 Å². The van der Waals surface area contributed by atoms with Crippen LogP contribution in [0.1, 0.15) is 50.2 Å². The van der Waals surface area contributed by atoms with E-state index in [9.17, 15) is 0 Å². The topological polar surface area (TPSA) is 21.3 Å². The van der Waals surface area contributed by atoms with Gasteiger partial charge in [0.2, 0.25) is 0 Å². The first-order chi connectivity index (χ1) is 9.28. The summed E-state index contributed by atoms with van der Waals surface area (Å²) in [6.07, 6.45) is 6.96. The van der Waals surface area contributed by atoms with E-state index in [4.69, 9.17) is 4.74 Å². The zero-order valence-corrected chi connectivity index (χ0v) is 12.4. The fourth-order valence-corrected chi connectivity index (χ4v) is 3.17. The maximum atomic E-state index is 5.13. The highest BCUT2D eigenvalue weighted by Crippen LogP contribution is 2.40. The van der Waals surface area contributed by atoms with Crippen LogP contribution in [0.3, 0.4) is 0 Å². The summed E-state index contributed by atoms with van der Waals surface area (Å²) in [5.74, 6) is 0. The van der Waals surface area contributed by atoms with Crippen LogP contribution in [0.25, 0.3) is 0 Å². The molecule has 0 heterocycles. The fraction of sp³-hybridized carbons (Fsp3) is 0.647. The molecule has 0 amide bonds. The lowest BCUT2D eigenvalue weighted by atomic mass is 9.83. The molecule has 0 bridgehead atoms. The summed E-state index contributed by atoms with van der Waals surface area (Å²) >= 11 is 0. The quantitative estimate of drug-likeness (QED) is 0.804. The summed E-state index contributed by atoms with van der Waals surface area (Å²) in [5, 5.41) is 3.66. The maximum absolute atomic E-state index is 5.13. The molecule has 1 fully saturated rings. The van der Waals surface area contributed by atoms with Gasteiger partial charge in [0, 0.05) is 20.2 Å². The molecule has 1 saturated carbocycles. The highest BCUT2D eigenvalue weighted by Gasteiger charge is 2.31. The van der Waals surface area contributed by atoms with Crippen LogP contribution in [0.2, 0.25) is 0 Å². The second-order valence-corrected chi connectivity index (χ2v) is 5.91. The Morgan fingerprint density at radius 2 is 1.74 bits per heavy atom. The molecule has 0 saturated heterocycles. The predicted octanol–water partition coefficient (Wildman–Crippen LogP) is 3.89. The van der Waals surface area contributed by atoms with E-state index in [-0.39, 0.29) is 0 Å². The number of benzene rings is 1. The molecule has 19 heavy (non-hydrogen) atoms. The van der Waals surface area contributed by atoms with Crippen LogP contribution in [0.15, 0.2) is 24.3 Å². The Labute approximate surface area is 117 Å². The monoisotopic (exact) mass is 261 g/mol. The summed E-state index contributed by atoms with van der Waals surface area (Å²) in [4.78, 5) is 0. The van der Waals surface area contributed by atoms with Crippen LogP contribution in [0.5, 0.6) is 0 Å². The lowest BCUT2D eigenvalue weighted by Crippen LogP contribution is -2.31. The number of methoxy groups -OCH3 is 1. The first-order valence-corrected chi connectivity index (χ1v) is 7.55. The highest BCUT2D eigenvalue weighted by molar-refractivity contribution is 5.21. The van der Waals surface area contributed by atoms with Crippen molar-refractivity contribution < 1.29 is 4.74 Å². The molecular formula is C17H27NO. The Kier molecular flexibility index (Phi) is 5.41. The van der Waals surface area contributed by atoms with Crippen molar-refractivity contribution in [1.82, 2.24) is 5.32 Å². The van der Waals surface area contributed by atoms with Gasteiger partial charge in [-0.25, -0.2) is 0 Å². The van der Waals surface area contributed by atoms with E-state index < -0.39 is 0 Å². The van der Waals surface area contributed by atoms with Gasteiger partial charge in [0.05, 0.1) is 6.61 Å². The van der Waals surface area contributed by atoms with Crippen LogP contribution in [0, 0.1) is 5.41 Å². The first-order valence-electron chi connectivity index (χ1n) is 7.55. The molecule has 1 aromatic rings. The van der Waals surface area contributed by atoms with E-state index >= 15 is 0 Å². The average Bonchev–Trinajstić information content (AvgIpc) is 2.91. The van der Waals surface area contributed by atoms with E-state index in [0.29, 0.717) is 12.0 Å². The normalized spacial score (nSPS) is 17.8. The van der Waals surface area contributed by atoms with Crippen molar-refractivity contribution in [1.29, 1.82) is 0 Å². The van der Waals surface area contributed by atoms with E-state index in [1.165, 1.54) is 49.8 Å². The summed E-state index contributed by atoms with van der Waals surface area (Å²) in [6.45, 7) is 5.19. The third-order valence-corrected chi connectivity index (χ3v) is 4.58. The average molecular weight is 261 g/mol. The molecule has 1 aliphatic rings. The van der Waals surface area contributed by atoms with Crippen LogP contribution in [-0.4, -0.2) is 13.7 Å². The molecule has 0 spiro atoms. The van der Waals surface area contributed by atoms with Gasteiger partial charge in [-0.15, -0.1) is 0 Å². The Balaban J connectivity index is 1.78. The molecule has 0 unspecified atom stereocenters. The van der Waals surface area contributed by atoms with Crippen molar-refractivity contribution in [2.75, 3.05) is 13.7 Å². The van der Waals surface area contributed by atoms with E-state index in [1.54, 1.807) is 7.11 Å². The van der Waals surface area contributed by atoms with Crippen molar-refractivity contribution >= 4 is 0 Å². The van der Waals surface area contributed by atoms with Crippen molar-refractivity contribution in [3.05, 3.63) is 35.4 Å². The maximum Gasteiger partial charge on any atom is 0.0713 e. The Bertz CT molecular complexity index is 365. The Hall–Kier alpha value is -0.860. The minimum Gasteiger partial charge on any atom is -0.380 e. The van der Waals surface area contributed by atoms with Crippen molar-refractivity contribution in [2.24, 2.45) is 5.41 Å². The van der Waals surface area contributed by atoms with Gasteiger partial charge >= 0.3 is 0 Å². The van der Waals surface area contributed by atoms with E-state index in [1.807, 2.05) is 0 Å². The molecule has 2 nitrogen and oxygen atoms in total. The lowest BCUT2D eigenvalue weighted by Gasteiger charge is -2.27. The first kappa shape index (κ1) is 14.5. The highest BCUT2D eigenvalue weighted by atomic mass is 16.5. The largest absolute Gasteiger partial charge is 0.380 e. The van der Waals surface area contributed by atoms with Gasteiger partial charge in [0.15, 0.2) is 0 Å². The molecule has 0 aromatic heterocycles. The predicted molar refractivity (Wildman–Crippen MR) is 80.1 cm³/mol. The Morgan fingerprint density at radius 3 is 2.32 bits per heavy atom. The third kappa shape index (κ3) is 4.05. The van der Waals surface area contributed by atoms with E-state index in [0.717, 1.165) is 6.54 Å². The number of nitrogens with one attached hydrogen (secondary N) is 1. The van der Waals surface area contributed by atoms with Crippen LogP contribution in [-0.2, 0) is 17.9 Å². The number of hydrogen-bond acceptors (Lipinski definition) is 2. The SMILES string of the molecule is CCC1(CNCc2ccc(COC)cc2)CCCC1. The Morgan fingerprint density at radius 1 is 1.11 bits per heavy atom. The van der Waals surface area contributed by atoms with Gasteiger partial charge < -0.3 is 10.1 Å². The molecule has 0 radical (unpaired) electrons. The van der Waals surface area contributed by atoms with Crippen LogP contribution >= 0.6 is 0 Å². The smallest absolute Gasteiger partial charge is 0.0713 e. The molecule has 1 N–H and O–H groups in total. The fourth-order valence-electron chi connectivity index (χ4n) is 3.17. The molecule has 1 aliphatic carbocycles. The minimum absolute atomic E-state index is 0.579. The van der Waals surface area contributed by atoms with Crippen LogP contribution in [0.4, 0.5) is 0 Å². The van der Waals surface area contributed by atoms with E-state index in [2.05, 4.69) is 36.5 Å². The van der Waals surface area contributed by atoms with Gasteiger partial charge in [0.1, 0.15) is 0 Å². The van der Waals surface area contributed by atoms with Gasteiger partial charge in [-0.1, -0.05) is 44.0 Å². The lowest BCUT2D eigenvalue weighted by molar-refractivity contribution is 0.185. The van der Waals surface area contributed by atoms with Crippen molar-refractivity contribution in [2.45, 2.75) is 52.2 Å². The second kappa shape index (κ2) is 7.06. The molecule has 2 rings (SSSR count). The number of ether oxygens (including phenoxy) is 1. The number of rotatable bonds is 7. The van der Waals surface area contributed by atoms with Crippen molar-refractivity contribution in [3.63, 3.8) is 0 Å². The van der Waals surface area contributed by atoms with Gasteiger partial charge in [-0.05, 0) is 35.8 Å². The standard InChI is InChI=1S/C17H27NO/c1-3-17(10-4-5-11-17)14-18-12-15-6-8-16(9-7-15)13-19-2/h6-9,18H,3-5,10-14H2,1-2H3. The second-order valence-electron chi connectivity index (χ2n) is 5.91. The summed E-state index contributed by atoms with van der Waals surface area (Å²) in [6, 6.07) is 8.72.